The number of nitrogen functional groups attached to an aromatic ring is 1. The van der Waals surface area contributed by atoms with Gasteiger partial charge in [-0.1, -0.05) is 0 Å². The van der Waals surface area contributed by atoms with Crippen LogP contribution in [0.3, 0.4) is 0 Å². The highest BCUT2D eigenvalue weighted by Crippen LogP contribution is 2.33. The Balaban J connectivity index is 2.26. The maximum atomic E-state index is 5.65. The van der Waals surface area contributed by atoms with E-state index in [4.69, 9.17) is 5.73 Å². The topological polar surface area (TPSA) is 55.0 Å². The second-order valence-corrected chi connectivity index (χ2v) is 5.35. The van der Waals surface area contributed by atoms with Gasteiger partial charge in [-0.15, -0.1) is 5.10 Å². The van der Waals surface area contributed by atoms with Crippen LogP contribution in [0.4, 0.5) is 5.82 Å². The molecule has 0 saturated carbocycles. The standard InChI is InChI=1S/C11H17BrN4/c1-7(2)16-5-3-4-10(16)9-6-8(12)11(13)15-14-9/h6-7,10H,3-5H2,1-2H3,(H2,13,15). The molecule has 0 amide bonds. The smallest absolute Gasteiger partial charge is 0.160 e. The van der Waals surface area contributed by atoms with Gasteiger partial charge < -0.3 is 5.73 Å². The lowest BCUT2D eigenvalue weighted by Gasteiger charge is -2.27. The third-order valence-corrected chi connectivity index (χ3v) is 3.73. The summed E-state index contributed by atoms with van der Waals surface area (Å²) in [4.78, 5) is 2.46. The highest BCUT2D eigenvalue weighted by atomic mass is 79.9. The lowest BCUT2D eigenvalue weighted by atomic mass is 10.1. The highest BCUT2D eigenvalue weighted by molar-refractivity contribution is 9.10. The van der Waals surface area contributed by atoms with Gasteiger partial charge in [0.05, 0.1) is 16.2 Å². The lowest BCUT2D eigenvalue weighted by Crippen LogP contribution is -2.30. The minimum atomic E-state index is 0.393. The summed E-state index contributed by atoms with van der Waals surface area (Å²) < 4.78 is 0.841. The van der Waals surface area contributed by atoms with Crippen molar-refractivity contribution in [3.63, 3.8) is 0 Å². The summed E-state index contributed by atoms with van der Waals surface area (Å²) in [6.07, 6.45) is 2.38. The number of halogens is 1. The van der Waals surface area contributed by atoms with Gasteiger partial charge in [-0.05, 0) is 55.2 Å². The molecule has 1 aromatic heterocycles. The molecule has 16 heavy (non-hydrogen) atoms. The van der Waals surface area contributed by atoms with Crippen molar-refractivity contribution in [3.8, 4) is 0 Å². The first-order valence-corrected chi connectivity index (χ1v) is 6.43. The van der Waals surface area contributed by atoms with E-state index in [9.17, 15) is 0 Å². The van der Waals surface area contributed by atoms with Crippen molar-refractivity contribution in [3.05, 3.63) is 16.2 Å². The summed E-state index contributed by atoms with van der Waals surface area (Å²) in [5.74, 6) is 0.456. The third-order valence-electron chi connectivity index (χ3n) is 3.09. The van der Waals surface area contributed by atoms with Crippen LogP contribution in [-0.4, -0.2) is 27.7 Å². The van der Waals surface area contributed by atoms with Crippen molar-refractivity contribution in [1.82, 2.24) is 15.1 Å². The van der Waals surface area contributed by atoms with Crippen LogP contribution >= 0.6 is 15.9 Å². The maximum Gasteiger partial charge on any atom is 0.160 e. The molecule has 1 aliphatic heterocycles. The summed E-state index contributed by atoms with van der Waals surface area (Å²) in [6.45, 7) is 5.59. The molecule has 1 saturated heterocycles. The van der Waals surface area contributed by atoms with Gasteiger partial charge in [0.15, 0.2) is 5.82 Å². The van der Waals surface area contributed by atoms with Gasteiger partial charge in [0.2, 0.25) is 0 Å². The highest BCUT2D eigenvalue weighted by Gasteiger charge is 2.29. The summed E-state index contributed by atoms with van der Waals surface area (Å²) in [7, 11) is 0. The molecular weight excluding hydrogens is 268 g/mol. The molecule has 1 atom stereocenters. The summed E-state index contributed by atoms with van der Waals surface area (Å²) in [5.41, 5.74) is 6.67. The Morgan fingerprint density at radius 1 is 1.50 bits per heavy atom. The average Bonchev–Trinajstić information content (AvgIpc) is 2.71. The maximum absolute atomic E-state index is 5.65. The van der Waals surface area contributed by atoms with Crippen LogP contribution < -0.4 is 5.73 Å². The zero-order chi connectivity index (χ0) is 11.7. The van der Waals surface area contributed by atoms with Crippen molar-refractivity contribution in [2.75, 3.05) is 12.3 Å². The van der Waals surface area contributed by atoms with Gasteiger partial charge in [-0.3, -0.25) is 4.90 Å². The van der Waals surface area contributed by atoms with E-state index in [1.165, 1.54) is 6.42 Å². The summed E-state index contributed by atoms with van der Waals surface area (Å²) in [6, 6.07) is 2.93. The molecule has 88 valence electrons. The van der Waals surface area contributed by atoms with Gasteiger partial charge in [0.25, 0.3) is 0 Å². The van der Waals surface area contributed by atoms with Crippen LogP contribution in [-0.2, 0) is 0 Å². The molecule has 0 radical (unpaired) electrons. The lowest BCUT2D eigenvalue weighted by molar-refractivity contribution is 0.201. The monoisotopic (exact) mass is 284 g/mol. The number of likely N-dealkylation sites (tertiary alicyclic amines) is 1. The summed E-state index contributed by atoms with van der Waals surface area (Å²) in [5, 5.41) is 8.18. The SMILES string of the molecule is CC(C)N1CCCC1c1cc(Br)c(N)nn1. The molecule has 1 fully saturated rings. The third kappa shape index (κ3) is 2.20. The molecule has 0 aromatic carbocycles. The van der Waals surface area contributed by atoms with Crippen LogP contribution in [0.2, 0.25) is 0 Å². The minimum absolute atomic E-state index is 0.393. The number of hydrogen-bond acceptors (Lipinski definition) is 4. The second-order valence-electron chi connectivity index (χ2n) is 4.49. The van der Waals surface area contributed by atoms with Gasteiger partial charge in [0, 0.05) is 6.04 Å². The molecule has 1 aromatic rings. The molecule has 2 heterocycles. The van der Waals surface area contributed by atoms with Crippen LogP contribution in [0.5, 0.6) is 0 Å². The largest absolute Gasteiger partial charge is 0.381 e. The molecule has 2 N–H and O–H groups in total. The fourth-order valence-electron chi connectivity index (χ4n) is 2.28. The molecule has 0 aliphatic carbocycles. The first-order valence-electron chi connectivity index (χ1n) is 5.64. The molecule has 4 nitrogen and oxygen atoms in total. The Hall–Kier alpha value is -0.680. The van der Waals surface area contributed by atoms with Crippen molar-refractivity contribution in [2.24, 2.45) is 0 Å². The van der Waals surface area contributed by atoms with Gasteiger partial charge in [-0.25, -0.2) is 0 Å². The quantitative estimate of drug-likeness (QED) is 0.906. The Morgan fingerprint density at radius 3 is 2.88 bits per heavy atom. The Labute approximate surface area is 104 Å². The molecule has 0 bridgehead atoms. The van der Waals surface area contributed by atoms with E-state index in [1.807, 2.05) is 6.07 Å². The Bertz CT molecular complexity index is 380. The number of hydrogen-bond donors (Lipinski definition) is 1. The molecule has 5 heteroatoms. The molecule has 1 aliphatic rings. The van der Waals surface area contributed by atoms with E-state index in [0.717, 1.165) is 23.1 Å². The predicted octanol–water partition coefficient (Wildman–Crippen LogP) is 2.37. The van der Waals surface area contributed by atoms with Crippen LogP contribution in [0.25, 0.3) is 0 Å². The van der Waals surface area contributed by atoms with Crippen LogP contribution in [0.1, 0.15) is 38.4 Å². The number of aromatic nitrogens is 2. The molecular formula is C11H17BrN4. The van der Waals surface area contributed by atoms with E-state index in [2.05, 4.69) is 44.9 Å². The molecule has 1 unspecified atom stereocenters. The van der Waals surface area contributed by atoms with Gasteiger partial charge >= 0.3 is 0 Å². The predicted molar refractivity (Wildman–Crippen MR) is 68.0 cm³/mol. The molecule has 2 rings (SSSR count). The Kier molecular flexibility index (Phi) is 3.44. The van der Waals surface area contributed by atoms with E-state index in [0.29, 0.717) is 17.9 Å². The van der Waals surface area contributed by atoms with Crippen molar-refractivity contribution < 1.29 is 0 Å². The fourth-order valence-corrected chi connectivity index (χ4v) is 2.59. The van der Waals surface area contributed by atoms with E-state index < -0.39 is 0 Å². The minimum Gasteiger partial charge on any atom is -0.381 e. The number of rotatable bonds is 2. The Morgan fingerprint density at radius 2 is 2.25 bits per heavy atom. The van der Waals surface area contributed by atoms with E-state index in [1.54, 1.807) is 0 Å². The van der Waals surface area contributed by atoms with E-state index in [-0.39, 0.29) is 0 Å². The number of anilines is 1. The first kappa shape index (κ1) is 11.8. The van der Waals surface area contributed by atoms with Crippen molar-refractivity contribution in [2.45, 2.75) is 38.8 Å². The summed E-state index contributed by atoms with van der Waals surface area (Å²) >= 11 is 3.40. The van der Waals surface area contributed by atoms with E-state index >= 15 is 0 Å². The average molecular weight is 285 g/mol. The van der Waals surface area contributed by atoms with Crippen LogP contribution in [0.15, 0.2) is 10.5 Å². The van der Waals surface area contributed by atoms with Crippen molar-refractivity contribution >= 4 is 21.7 Å². The molecule has 0 spiro atoms. The van der Waals surface area contributed by atoms with Gasteiger partial charge in [-0.2, -0.15) is 5.10 Å². The number of nitrogens with two attached hydrogens (primary N) is 1. The zero-order valence-corrected chi connectivity index (χ0v) is 11.2. The second kappa shape index (κ2) is 4.67. The van der Waals surface area contributed by atoms with Crippen LogP contribution in [0, 0.1) is 0 Å². The van der Waals surface area contributed by atoms with Crippen molar-refractivity contribution in [1.29, 1.82) is 0 Å². The first-order chi connectivity index (χ1) is 7.59. The normalized spacial score (nSPS) is 21.9. The number of nitrogens with zero attached hydrogens (tertiary/aromatic N) is 3. The van der Waals surface area contributed by atoms with Gasteiger partial charge in [0.1, 0.15) is 0 Å². The zero-order valence-electron chi connectivity index (χ0n) is 9.65. The fraction of sp³-hybridized carbons (Fsp3) is 0.636.